The average Bonchev–Trinajstić information content (AvgIpc) is 2.63. The maximum absolute atomic E-state index is 4.00. The first-order chi connectivity index (χ1) is 6.29. The van der Waals surface area contributed by atoms with E-state index in [9.17, 15) is 0 Å². The van der Waals surface area contributed by atoms with Crippen LogP contribution in [0.5, 0.6) is 0 Å². The predicted molar refractivity (Wildman–Crippen MR) is 58.2 cm³/mol. The molecule has 0 unspecified atom stereocenters. The molecule has 0 spiro atoms. The number of rotatable bonds is 0. The monoisotopic (exact) mass is 175 g/mol. The van der Waals surface area contributed by atoms with E-state index in [-0.39, 0.29) is 0 Å². The summed E-state index contributed by atoms with van der Waals surface area (Å²) in [5.74, 6) is 0. The quantitative estimate of drug-likeness (QED) is 0.546. The van der Waals surface area contributed by atoms with Crippen LogP contribution in [-0.4, -0.2) is 11.9 Å². The van der Waals surface area contributed by atoms with Gasteiger partial charge < -0.3 is 4.90 Å². The molecule has 0 radical (unpaired) electrons. The Kier molecular flexibility index (Phi) is 3.13. The van der Waals surface area contributed by atoms with E-state index >= 15 is 0 Å². The molecule has 0 fully saturated rings. The molecular weight excluding hydrogens is 158 g/mol. The lowest BCUT2D eigenvalue weighted by atomic mass is 10.1. The predicted octanol–water partition coefficient (Wildman–Crippen LogP) is 3.24. The molecule has 0 aromatic rings. The zero-order chi connectivity index (χ0) is 9.84. The van der Waals surface area contributed by atoms with Gasteiger partial charge in [-0.2, -0.15) is 0 Å². The fraction of sp³-hybridized carbons (Fsp3) is 0.333. The van der Waals surface area contributed by atoms with Gasteiger partial charge in [-0.25, -0.2) is 0 Å². The standard InChI is InChI=1S/C10H11N.C2H6/c1-8-10-5-3-4-9(10)6-7-11(8)2;1-2/h3,5-7H,1,4H2,2H3;1-2H3. The number of allylic oxidation sites excluding steroid dienone is 4. The molecule has 0 aromatic heterocycles. The van der Waals surface area contributed by atoms with Crippen LogP contribution >= 0.6 is 0 Å². The number of hydrogen-bond acceptors (Lipinski definition) is 1. The van der Waals surface area contributed by atoms with Gasteiger partial charge in [-0.15, -0.1) is 0 Å². The van der Waals surface area contributed by atoms with E-state index in [2.05, 4.69) is 35.9 Å². The van der Waals surface area contributed by atoms with Gasteiger partial charge in [-0.1, -0.05) is 32.6 Å². The third kappa shape index (κ3) is 1.74. The highest BCUT2D eigenvalue weighted by atomic mass is 15.1. The van der Waals surface area contributed by atoms with Gasteiger partial charge in [0.15, 0.2) is 0 Å². The van der Waals surface area contributed by atoms with Crippen LogP contribution in [0.25, 0.3) is 0 Å². The van der Waals surface area contributed by atoms with E-state index in [0.717, 1.165) is 12.1 Å². The first-order valence-corrected chi connectivity index (χ1v) is 4.79. The Hall–Kier alpha value is -1.24. The van der Waals surface area contributed by atoms with Crippen LogP contribution in [0.15, 0.2) is 47.9 Å². The lowest BCUT2D eigenvalue weighted by Gasteiger charge is -2.22. The normalized spacial score (nSPS) is 18.7. The van der Waals surface area contributed by atoms with Crippen LogP contribution in [0.1, 0.15) is 20.3 Å². The highest BCUT2D eigenvalue weighted by molar-refractivity contribution is 5.52. The second-order valence-electron chi connectivity index (χ2n) is 2.92. The van der Waals surface area contributed by atoms with Gasteiger partial charge in [0.25, 0.3) is 0 Å². The molecule has 1 heterocycles. The second kappa shape index (κ2) is 4.13. The summed E-state index contributed by atoms with van der Waals surface area (Å²) in [5.41, 5.74) is 3.80. The Labute approximate surface area is 80.7 Å². The molecule has 0 amide bonds. The molecule has 0 N–H and O–H groups in total. The molecule has 0 bridgehead atoms. The topological polar surface area (TPSA) is 3.24 Å². The first-order valence-electron chi connectivity index (χ1n) is 4.79. The minimum Gasteiger partial charge on any atom is -0.351 e. The van der Waals surface area contributed by atoms with Gasteiger partial charge in [0, 0.05) is 24.5 Å². The van der Waals surface area contributed by atoms with Gasteiger partial charge in [0.2, 0.25) is 0 Å². The molecule has 0 saturated carbocycles. The zero-order valence-electron chi connectivity index (χ0n) is 8.67. The van der Waals surface area contributed by atoms with Crippen LogP contribution in [0, 0.1) is 0 Å². The Morgan fingerprint density at radius 3 is 2.69 bits per heavy atom. The summed E-state index contributed by atoms with van der Waals surface area (Å²) < 4.78 is 0. The Morgan fingerprint density at radius 1 is 1.31 bits per heavy atom. The Balaban J connectivity index is 0.000000396. The number of nitrogens with zero attached hydrogens (tertiary/aromatic N) is 1. The Bertz CT molecular complexity index is 292. The molecule has 2 aliphatic rings. The van der Waals surface area contributed by atoms with Crippen LogP contribution in [-0.2, 0) is 0 Å². The summed E-state index contributed by atoms with van der Waals surface area (Å²) in [4.78, 5) is 2.05. The molecule has 1 aliphatic heterocycles. The second-order valence-corrected chi connectivity index (χ2v) is 2.92. The summed E-state index contributed by atoms with van der Waals surface area (Å²) in [6.45, 7) is 8.00. The van der Waals surface area contributed by atoms with Gasteiger partial charge >= 0.3 is 0 Å². The molecule has 0 atom stereocenters. The minimum atomic E-state index is 1.07. The van der Waals surface area contributed by atoms with Crippen molar-refractivity contribution in [3.8, 4) is 0 Å². The van der Waals surface area contributed by atoms with Crippen molar-refractivity contribution in [3.63, 3.8) is 0 Å². The number of hydrogen-bond donors (Lipinski definition) is 0. The fourth-order valence-electron chi connectivity index (χ4n) is 1.44. The lowest BCUT2D eigenvalue weighted by molar-refractivity contribution is 0.577. The van der Waals surface area contributed by atoms with Crippen LogP contribution < -0.4 is 0 Å². The van der Waals surface area contributed by atoms with Gasteiger partial charge in [-0.05, 0) is 18.1 Å². The SMILES string of the molecule is C=C1C2=C(C=CN1C)CC=C2.CC. The van der Waals surface area contributed by atoms with E-state index in [0.29, 0.717) is 0 Å². The van der Waals surface area contributed by atoms with Crippen molar-refractivity contribution in [3.05, 3.63) is 47.9 Å². The molecule has 1 heteroatoms. The molecular formula is C12H17N. The van der Waals surface area contributed by atoms with E-state index in [1.807, 2.05) is 20.9 Å². The van der Waals surface area contributed by atoms with Crippen LogP contribution in [0.4, 0.5) is 0 Å². The molecule has 0 saturated heterocycles. The van der Waals surface area contributed by atoms with Crippen molar-refractivity contribution >= 4 is 0 Å². The Morgan fingerprint density at radius 2 is 2.00 bits per heavy atom. The van der Waals surface area contributed by atoms with Gasteiger partial charge in [0.1, 0.15) is 0 Å². The van der Waals surface area contributed by atoms with Crippen molar-refractivity contribution in [2.75, 3.05) is 7.05 Å². The van der Waals surface area contributed by atoms with Crippen molar-refractivity contribution in [1.29, 1.82) is 0 Å². The largest absolute Gasteiger partial charge is 0.351 e. The van der Waals surface area contributed by atoms with Crippen molar-refractivity contribution in [2.45, 2.75) is 20.3 Å². The number of likely N-dealkylation sites (N-methyl/N-ethyl adjacent to an activating group) is 1. The molecule has 70 valence electrons. The van der Waals surface area contributed by atoms with E-state index in [1.165, 1.54) is 11.1 Å². The highest BCUT2D eigenvalue weighted by Gasteiger charge is 2.15. The van der Waals surface area contributed by atoms with E-state index in [4.69, 9.17) is 0 Å². The first kappa shape index (κ1) is 9.85. The molecule has 1 nitrogen and oxygen atoms in total. The summed E-state index contributed by atoms with van der Waals surface area (Å²) in [7, 11) is 2.02. The van der Waals surface area contributed by atoms with Gasteiger partial charge in [0.05, 0.1) is 0 Å². The summed E-state index contributed by atoms with van der Waals surface area (Å²) in [6.07, 6.45) is 9.62. The van der Waals surface area contributed by atoms with Crippen molar-refractivity contribution in [2.24, 2.45) is 0 Å². The summed E-state index contributed by atoms with van der Waals surface area (Å²) in [6, 6.07) is 0. The summed E-state index contributed by atoms with van der Waals surface area (Å²) in [5, 5.41) is 0. The van der Waals surface area contributed by atoms with Gasteiger partial charge in [-0.3, -0.25) is 0 Å². The zero-order valence-corrected chi connectivity index (χ0v) is 8.67. The van der Waals surface area contributed by atoms with Crippen LogP contribution in [0.3, 0.4) is 0 Å². The highest BCUT2D eigenvalue weighted by Crippen LogP contribution is 2.30. The molecule has 1 aliphatic carbocycles. The van der Waals surface area contributed by atoms with Crippen molar-refractivity contribution in [1.82, 2.24) is 4.90 Å². The van der Waals surface area contributed by atoms with Crippen molar-refractivity contribution < 1.29 is 0 Å². The smallest absolute Gasteiger partial charge is 0.0406 e. The molecule has 2 rings (SSSR count). The third-order valence-electron chi connectivity index (χ3n) is 2.20. The van der Waals surface area contributed by atoms with E-state index in [1.54, 1.807) is 0 Å². The fourth-order valence-corrected chi connectivity index (χ4v) is 1.44. The minimum absolute atomic E-state index is 1.07. The summed E-state index contributed by atoms with van der Waals surface area (Å²) >= 11 is 0. The molecule has 0 aromatic carbocycles. The molecule has 13 heavy (non-hydrogen) atoms. The third-order valence-corrected chi connectivity index (χ3v) is 2.20. The van der Waals surface area contributed by atoms with E-state index < -0.39 is 0 Å². The van der Waals surface area contributed by atoms with Crippen LogP contribution in [0.2, 0.25) is 0 Å². The lowest BCUT2D eigenvalue weighted by Crippen LogP contribution is -2.13. The average molecular weight is 175 g/mol. The maximum Gasteiger partial charge on any atom is 0.0406 e. The maximum atomic E-state index is 4.00.